The molecule has 0 aliphatic carbocycles. The predicted octanol–water partition coefficient (Wildman–Crippen LogP) is 4.55. The summed E-state index contributed by atoms with van der Waals surface area (Å²) in [5.74, 6) is 0.894. The van der Waals surface area contributed by atoms with E-state index in [1.54, 1.807) is 0 Å². The fraction of sp³-hybridized carbons (Fsp3) is 0.353. The molecule has 0 saturated carbocycles. The summed E-state index contributed by atoms with van der Waals surface area (Å²) in [6.07, 6.45) is 1.82. The second kappa shape index (κ2) is 5.95. The summed E-state index contributed by atoms with van der Waals surface area (Å²) < 4.78 is 0. The lowest BCUT2D eigenvalue weighted by atomic mass is 9.86. The highest BCUT2D eigenvalue weighted by Gasteiger charge is 2.17. The fourth-order valence-corrected chi connectivity index (χ4v) is 2.19. The first kappa shape index (κ1) is 14.4. The molecule has 0 fully saturated rings. The van der Waals surface area contributed by atoms with Crippen LogP contribution in [0.1, 0.15) is 33.3 Å². The van der Waals surface area contributed by atoms with E-state index in [2.05, 4.69) is 67.6 Å². The molecule has 0 amide bonds. The minimum absolute atomic E-state index is 0.112. The van der Waals surface area contributed by atoms with Gasteiger partial charge in [-0.1, -0.05) is 39.0 Å². The fourth-order valence-electron chi connectivity index (χ4n) is 2.19. The van der Waals surface area contributed by atoms with Crippen LogP contribution in [-0.4, -0.2) is 11.5 Å². The predicted molar refractivity (Wildman–Crippen MR) is 86.8 cm³/mol. The third-order valence-electron chi connectivity index (χ3n) is 3.13. The van der Waals surface area contributed by atoms with Crippen LogP contribution in [0.3, 0.4) is 0 Å². The van der Waals surface area contributed by atoms with E-state index in [0.717, 1.165) is 23.7 Å². The van der Waals surface area contributed by atoms with E-state index in [-0.39, 0.29) is 5.41 Å². The minimum atomic E-state index is 0.112. The number of hydrogen-bond acceptors (Lipinski definition) is 3. The number of nitrogens with one attached hydrogen (secondary N) is 2. The van der Waals surface area contributed by atoms with Crippen LogP contribution in [0.4, 0.5) is 17.2 Å². The maximum Gasteiger partial charge on any atom is 0.127 e. The number of benzene rings is 1. The van der Waals surface area contributed by atoms with Gasteiger partial charge in [0, 0.05) is 30.2 Å². The SMILES string of the molecule is CCNc1cc(Nc2ccccc2C(C)(C)C)ccn1. The molecule has 3 nitrogen and oxygen atoms in total. The molecule has 2 N–H and O–H groups in total. The summed E-state index contributed by atoms with van der Waals surface area (Å²) in [5, 5.41) is 6.73. The van der Waals surface area contributed by atoms with Gasteiger partial charge in [0.05, 0.1) is 0 Å². The molecule has 0 aliphatic rings. The molecule has 0 unspecified atom stereocenters. The summed E-state index contributed by atoms with van der Waals surface area (Å²) >= 11 is 0. The molecule has 20 heavy (non-hydrogen) atoms. The zero-order valence-electron chi connectivity index (χ0n) is 12.7. The van der Waals surface area contributed by atoms with Gasteiger partial charge < -0.3 is 10.6 Å². The Hall–Kier alpha value is -2.03. The molecule has 0 saturated heterocycles. The van der Waals surface area contributed by atoms with E-state index in [9.17, 15) is 0 Å². The Bertz CT molecular complexity index is 570. The third-order valence-corrected chi connectivity index (χ3v) is 3.13. The van der Waals surface area contributed by atoms with Crippen LogP contribution in [0.15, 0.2) is 42.6 Å². The molecule has 1 aromatic carbocycles. The number of anilines is 3. The molecule has 0 spiro atoms. The highest BCUT2D eigenvalue weighted by atomic mass is 15.0. The van der Waals surface area contributed by atoms with Crippen LogP contribution >= 0.6 is 0 Å². The summed E-state index contributed by atoms with van der Waals surface area (Å²) in [6.45, 7) is 9.62. The van der Waals surface area contributed by atoms with Crippen LogP contribution in [0.25, 0.3) is 0 Å². The van der Waals surface area contributed by atoms with Crippen molar-refractivity contribution < 1.29 is 0 Å². The molecule has 2 aromatic rings. The lowest BCUT2D eigenvalue weighted by Crippen LogP contribution is -2.13. The van der Waals surface area contributed by atoms with Crippen molar-refractivity contribution in [2.75, 3.05) is 17.2 Å². The van der Waals surface area contributed by atoms with Crippen molar-refractivity contribution in [1.29, 1.82) is 0 Å². The van der Waals surface area contributed by atoms with Gasteiger partial charge >= 0.3 is 0 Å². The van der Waals surface area contributed by atoms with Crippen LogP contribution in [-0.2, 0) is 5.41 Å². The Kier molecular flexibility index (Phi) is 4.28. The summed E-state index contributed by atoms with van der Waals surface area (Å²) in [5.41, 5.74) is 3.62. The Balaban J connectivity index is 2.28. The van der Waals surface area contributed by atoms with Gasteiger partial charge in [-0.2, -0.15) is 0 Å². The summed E-state index contributed by atoms with van der Waals surface area (Å²) in [7, 11) is 0. The number of pyridine rings is 1. The Morgan fingerprint density at radius 1 is 1.10 bits per heavy atom. The molecule has 1 aromatic heterocycles. The number of rotatable bonds is 4. The normalized spacial score (nSPS) is 11.2. The van der Waals surface area contributed by atoms with E-state index in [1.807, 2.05) is 18.3 Å². The smallest absolute Gasteiger partial charge is 0.127 e. The van der Waals surface area contributed by atoms with Gasteiger partial charge in [0.2, 0.25) is 0 Å². The van der Waals surface area contributed by atoms with Gasteiger partial charge in [-0.3, -0.25) is 0 Å². The van der Waals surface area contributed by atoms with Crippen LogP contribution in [0.2, 0.25) is 0 Å². The molecule has 0 bridgehead atoms. The first-order valence-corrected chi connectivity index (χ1v) is 7.07. The van der Waals surface area contributed by atoms with Crippen molar-refractivity contribution in [3.05, 3.63) is 48.2 Å². The quantitative estimate of drug-likeness (QED) is 0.854. The highest BCUT2D eigenvalue weighted by molar-refractivity contribution is 5.66. The average molecular weight is 269 g/mol. The van der Waals surface area contributed by atoms with Crippen LogP contribution in [0.5, 0.6) is 0 Å². The standard InChI is InChI=1S/C17H23N3/c1-5-18-16-12-13(10-11-19-16)20-15-9-7-6-8-14(15)17(2,3)4/h6-12H,5H2,1-4H3,(H2,18,19,20). The van der Waals surface area contributed by atoms with Crippen molar-refractivity contribution in [2.45, 2.75) is 33.1 Å². The van der Waals surface area contributed by atoms with E-state index in [1.165, 1.54) is 5.56 Å². The Labute approximate surface area is 121 Å². The number of nitrogens with zero attached hydrogens (tertiary/aromatic N) is 1. The van der Waals surface area contributed by atoms with Crippen molar-refractivity contribution in [3.63, 3.8) is 0 Å². The molecular weight excluding hydrogens is 246 g/mol. The summed E-state index contributed by atoms with van der Waals surface area (Å²) in [6, 6.07) is 12.5. The van der Waals surface area contributed by atoms with Crippen molar-refractivity contribution in [1.82, 2.24) is 4.98 Å². The van der Waals surface area contributed by atoms with E-state index in [4.69, 9.17) is 0 Å². The maximum absolute atomic E-state index is 4.29. The lowest BCUT2D eigenvalue weighted by molar-refractivity contribution is 0.592. The zero-order valence-corrected chi connectivity index (χ0v) is 12.7. The first-order chi connectivity index (χ1) is 9.50. The Morgan fingerprint density at radius 3 is 2.55 bits per heavy atom. The third kappa shape index (κ3) is 3.50. The number of hydrogen-bond donors (Lipinski definition) is 2. The maximum atomic E-state index is 4.29. The molecule has 0 radical (unpaired) electrons. The van der Waals surface area contributed by atoms with Gasteiger partial charge in [0.25, 0.3) is 0 Å². The van der Waals surface area contributed by atoms with Crippen LogP contribution in [0, 0.1) is 0 Å². The van der Waals surface area contributed by atoms with Gasteiger partial charge in [0.15, 0.2) is 0 Å². The topological polar surface area (TPSA) is 37.0 Å². The van der Waals surface area contributed by atoms with Crippen molar-refractivity contribution in [2.24, 2.45) is 0 Å². The number of para-hydroxylation sites is 1. The van der Waals surface area contributed by atoms with Gasteiger partial charge in [-0.05, 0) is 30.0 Å². The van der Waals surface area contributed by atoms with Gasteiger partial charge in [0.1, 0.15) is 5.82 Å². The summed E-state index contributed by atoms with van der Waals surface area (Å²) in [4.78, 5) is 4.29. The van der Waals surface area contributed by atoms with Crippen molar-refractivity contribution >= 4 is 17.2 Å². The molecule has 3 heteroatoms. The molecule has 2 rings (SSSR count). The second-order valence-electron chi connectivity index (χ2n) is 5.88. The highest BCUT2D eigenvalue weighted by Crippen LogP contribution is 2.31. The van der Waals surface area contributed by atoms with Crippen LogP contribution < -0.4 is 10.6 Å². The zero-order chi connectivity index (χ0) is 14.6. The lowest BCUT2D eigenvalue weighted by Gasteiger charge is -2.23. The molecular formula is C17H23N3. The number of aromatic nitrogens is 1. The average Bonchev–Trinajstić information content (AvgIpc) is 2.39. The largest absolute Gasteiger partial charge is 0.370 e. The Morgan fingerprint density at radius 2 is 1.85 bits per heavy atom. The minimum Gasteiger partial charge on any atom is -0.370 e. The molecule has 0 aliphatic heterocycles. The van der Waals surface area contributed by atoms with E-state index >= 15 is 0 Å². The molecule has 106 valence electrons. The second-order valence-corrected chi connectivity index (χ2v) is 5.88. The molecule has 1 heterocycles. The monoisotopic (exact) mass is 269 g/mol. The van der Waals surface area contributed by atoms with E-state index < -0.39 is 0 Å². The van der Waals surface area contributed by atoms with Crippen molar-refractivity contribution in [3.8, 4) is 0 Å². The van der Waals surface area contributed by atoms with Gasteiger partial charge in [-0.25, -0.2) is 4.98 Å². The molecule has 0 atom stereocenters. The van der Waals surface area contributed by atoms with E-state index in [0.29, 0.717) is 0 Å². The van der Waals surface area contributed by atoms with Gasteiger partial charge in [-0.15, -0.1) is 0 Å². The first-order valence-electron chi connectivity index (χ1n) is 7.07.